The molecule has 1 aliphatic heterocycles. The maximum absolute atomic E-state index is 4.79. The molecule has 3 N–H and O–H groups in total. The Morgan fingerprint density at radius 3 is 2.73 bits per heavy atom. The van der Waals surface area contributed by atoms with Crippen molar-refractivity contribution in [3.63, 3.8) is 0 Å². The first-order valence-corrected chi connectivity index (χ1v) is 12.1. The van der Waals surface area contributed by atoms with Gasteiger partial charge in [0.05, 0.1) is 6.33 Å². The lowest BCUT2D eigenvalue weighted by atomic mass is 9.95. The van der Waals surface area contributed by atoms with Gasteiger partial charge in [0.1, 0.15) is 5.52 Å². The van der Waals surface area contributed by atoms with Crippen LogP contribution in [-0.4, -0.2) is 50.6 Å². The minimum absolute atomic E-state index is 0.463. The summed E-state index contributed by atoms with van der Waals surface area (Å²) in [7, 11) is 0. The molecule has 3 aromatic rings. The number of thioether (sulfide) groups is 1. The van der Waals surface area contributed by atoms with Crippen molar-refractivity contribution < 1.29 is 0 Å². The Hall–Kier alpha value is -2.48. The van der Waals surface area contributed by atoms with Crippen molar-refractivity contribution in [2.24, 2.45) is 0 Å². The maximum Gasteiger partial charge on any atom is 0.231 e. The van der Waals surface area contributed by atoms with E-state index >= 15 is 0 Å². The number of anilines is 4. The van der Waals surface area contributed by atoms with Crippen molar-refractivity contribution in [1.82, 2.24) is 19.9 Å². The fourth-order valence-electron chi connectivity index (χ4n) is 4.36. The Labute approximate surface area is 181 Å². The van der Waals surface area contributed by atoms with Gasteiger partial charge < -0.3 is 20.5 Å². The number of aromatic amines is 1. The fraction of sp³-hybridized carbons (Fsp3) is 0.500. The molecule has 8 heteroatoms. The number of aromatic nitrogens is 4. The summed E-state index contributed by atoms with van der Waals surface area (Å²) in [6.45, 7) is 4.37. The number of fused-ring (bicyclic) bond motifs is 1. The summed E-state index contributed by atoms with van der Waals surface area (Å²) < 4.78 is 0. The largest absolute Gasteiger partial charge is 0.370 e. The summed E-state index contributed by atoms with van der Waals surface area (Å²) >= 11 is 2.03. The maximum atomic E-state index is 4.79. The summed E-state index contributed by atoms with van der Waals surface area (Å²) in [5, 5.41) is 7.05. The second-order valence-corrected chi connectivity index (χ2v) is 9.42. The first kappa shape index (κ1) is 19.5. The SMILES string of the molecule is Cc1cc(N2CCSCC2)ccc1Nc1nc(NC2CCCCC2)c2nc[nH]c2n1. The molecule has 2 fully saturated rings. The Morgan fingerprint density at radius 2 is 1.93 bits per heavy atom. The van der Waals surface area contributed by atoms with Crippen LogP contribution >= 0.6 is 11.8 Å². The normalized spacial score (nSPS) is 18.0. The topological polar surface area (TPSA) is 81.8 Å². The van der Waals surface area contributed by atoms with E-state index in [-0.39, 0.29) is 0 Å². The lowest BCUT2D eigenvalue weighted by Gasteiger charge is -2.29. The van der Waals surface area contributed by atoms with Crippen LogP contribution in [0.15, 0.2) is 24.5 Å². The Bertz CT molecular complexity index is 1010. The van der Waals surface area contributed by atoms with E-state index in [1.807, 2.05) is 11.8 Å². The molecule has 158 valence electrons. The van der Waals surface area contributed by atoms with Gasteiger partial charge in [-0.05, 0) is 43.5 Å². The zero-order valence-corrected chi connectivity index (χ0v) is 18.3. The summed E-state index contributed by atoms with van der Waals surface area (Å²) in [6.07, 6.45) is 7.95. The van der Waals surface area contributed by atoms with Gasteiger partial charge in [-0.3, -0.25) is 0 Å². The number of aryl methyl sites for hydroxylation is 1. The average Bonchev–Trinajstić information content (AvgIpc) is 3.26. The highest BCUT2D eigenvalue weighted by Gasteiger charge is 2.18. The first-order chi connectivity index (χ1) is 14.8. The predicted molar refractivity (Wildman–Crippen MR) is 126 cm³/mol. The number of hydrogen-bond acceptors (Lipinski definition) is 7. The second-order valence-electron chi connectivity index (χ2n) is 8.20. The van der Waals surface area contributed by atoms with Crippen molar-refractivity contribution in [1.29, 1.82) is 0 Å². The van der Waals surface area contributed by atoms with E-state index < -0.39 is 0 Å². The van der Waals surface area contributed by atoms with Crippen LogP contribution in [0.5, 0.6) is 0 Å². The first-order valence-electron chi connectivity index (χ1n) is 10.9. The molecule has 5 rings (SSSR count). The van der Waals surface area contributed by atoms with E-state index in [1.165, 1.54) is 54.9 Å². The Morgan fingerprint density at radius 1 is 1.10 bits per heavy atom. The lowest BCUT2D eigenvalue weighted by Crippen LogP contribution is -2.32. The van der Waals surface area contributed by atoms with Gasteiger partial charge in [0.15, 0.2) is 11.5 Å². The van der Waals surface area contributed by atoms with Crippen molar-refractivity contribution in [2.75, 3.05) is 40.1 Å². The number of rotatable bonds is 5. The number of H-pyrrole nitrogens is 1. The third-order valence-electron chi connectivity index (χ3n) is 6.06. The van der Waals surface area contributed by atoms with Gasteiger partial charge in [-0.15, -0.1) is 0 Å². The molecule has 1 saturated heterocycles. The van der Waals surface area contributed by atoms with Crippen molar-refractivity contribution >= 4 is 46.1 Å². The van der Waals surface area contributed by atoms with Crippen LogP contribution in [0.3, 0.4) is 0 Å². The molecule has 1 aliphatic carbocycles. The number of nitrogens with zero attached hydrogens (tertiary/aromatic N) is 4. The number of benzene rings is 1. The summed E-state index contributed by atoms with van der Waals surface area (Å²) in [4.78, 5) is 19.5. The summed E-state index contributed by atoms with van der Waals surface area (Å²) in [6, 6.07) is 7.06. The van der Waals surface area contributed by atoms with Gasteiger partial charge >= 0.3 is 0 Å². The second kappa shape index (κ2) is 8.71. The van der Waals surface area contributed by atoms with Crippen LogP contribution in [0.1, 0.15) is 37.7 Å². The quantitative estimate of drug-likeness (QED) is 0.548. The minimum atomic E-state index is 0.463. The van der Waals surface area contributed by atoms with Crippen molar-refractivity contribution in [3.8, 4) is 0 Å². The molecule has 0 radical (unpaired) electrons. The Balaban J connectivity index is 1.38. The van der Waals surface area contributed by atoms with Gasteiger partial charge in [-0.1, -0.05) is 19.3 Å². The molecular formula is C22H29N7S. The summed E-state index contributed by atoms with van der Waals surface area (Å²) in [5.74, 6) is 3.81. The molecule has 3 heterocycles. The predicted octanol–water partition coefficient (Wildman–Crippen LogP) is 4.70. The highest BCUT2D eigenvalue weighted by atomic mass is 32.2. The standard InChI is InChI=1S/C22H29N7S/c1-15-13-17(29-9-11-30-12-10-29)7-8-18(15)26-22-27-20-19(23-14-24-20)21(28-22)25-16-5-3-2-4-6-16/h7-8,13-14,16H,2-6,9-12H2,1H3,(H3,23,24,25,26,27,28). The monoisotopic (exact) mass is 423 g/mol. The third-order valence-corrected chi connectivity index (χ3v) is 7.00. The molecule has 0 unspecified atom stereocenters. The van der Waals surface area contributed by atoms with E-state index in [4.69, 9.17) is 4.98 Å². The zero-order chi connectivity index (χ0) is 20.3. The molecule has 2 aliphatic rings. The highest BCUT2D eigenvalue weighted by molar-refractivity contribution is 7.99. The van der Waals surface area contributed by atoms with Crippen LogP contribution in [0, 0.1) is 6.92 Å². The Kier molecular flexibility index (Phi) is 5.66. The van der Waals surface area contributed by atoms with Crippen molar-refractivity contribution in [2.45, 2.75) is 45.1 Å². The van der Waals surface area contributed by atoms with E-state index in [0.717, 1.165) is 35.8 Å². The molecule has 0 atom stereocenters. The molecule has 0 amide bonds. The fourth-order valence-corrected chi connectivity index (χ4v) is 5.26. The molecule has 7 nitrogen and oxygen atoms in total. The van der Waals surface area contributed by atoms with Gasteiger partial charge in [0, 0.05) is 42.0 Å². The molecule has 30 heavy (non-hydrogen) atoms. The van der Waals surface area contributed by atoms with Crippen LogP contribution in [0.4, 0.5) is 23.1 Å². The molecule has 1 aromatic carbocycles. The minimum Gasteiger partial charge on any atom is -0.370 e. The number of hydrogen-bond donors (Lipinski definition) is 3. The van der Waals surface area contributed by atoms with E-state index in [2.05, 4.69) is 55.6 Å². The molecule has 2 aromatic heterocycles. The summed E-state index contributed by atoms with van der Waals surface area (Å²) in [5.41, 5.74) is 5.09. The van der Waals surface area contributed by atoms with E-state index in [1.54, 1.807) is 6.33 Å². The number of imidazole rings is 1. The van der Waals surface area contributed by atoms with Crippen LogP contribution in [0.25, 0.3) is 11.2 Å². The van der Waals surface area contributed by atoms with Gasteiger partial charge in [0.25, 0.3) is 0 Å². The van der Waals surface area contributed by atoms with E-state index in [9.17, 15) is 0 Å². The van der Waals surface area contributed by atoms with Crippen LogP contribution in [-0.2, 0) is 0 Å². The molecule has 0 bridgehead atoms. The van der Waals surface area contributed by atoms with Crippen molar-refractivity contribution in [3.05, 3.63) is 30.1 Å². The zero-order valence-electron chi connectivity index (χ0n) is 17.4. The van der Waals surface area contributed by atoms with Gasteiger partial charge in [-0.2, -0.15) is 21.7 Å². The van der Waals surface area contributed by atoms with Crippen LogP contribution in [0.2, 0.25) is 0 Å². The molecule has 1 saturated carbocycles. The number of nitrogens with one attached hydrogen (secondary N) is 3. The lowest BCUT2D eigenvalue weighted by molar-refractivity contribution is 0.462. The average molecular weight is 424 g/mol. The smallest absolute Gasteiger partial charge is 0.231 e. The van der Waals surface area contributed by atoms with E-state index in [0.29, 0.717) is 12.0 Å². The molecule has 0 spiro atoms. The highest BCUT2D eigenvalue weighted by Crippen LogP contribution is 2.29. The van der Waals surface area contributed by atoms with Gasteiger partial charge in [-0.25, -0.2) is 4.98 Å². The van der Waals surface area contributed by atoms with Gasteiger partial charge in [0.2, 0.25) is 5.95 Å². The molecular weight excluding hydrogens is 394 g/mol. The third kappa shape index (κ3) is 4.19. The van der Waals surface area contributed by atoms with Crippen LogP contribution < -0.4 is 15.5 Å².